The number of carbonyl (C=O) groups excluding carboxylic acids is 2. The number of piperazine rings is 1. The van der Waals surface area contributed by atoms with E-state index in [2.05, 4.69) is 25.1 Å². The van der Waals surface area contributed by atoms with Gasteiger partial charge in [-0.3, -0.25) is 9.59 Å². The molecule has 1 fully saturated rings. The predicted octanol–water partition coefficient (Wildman–Crippen LogP) is 1.55. The van der Waals surface area contributed by atoms with Crippen molar-refractivity contribution in [2.45, 2.75) is 58.5 Å². The lowest BCUT2D eigenvalue weighted by molar-refractivity contribution is -0.149. The van der Waals surface area contributed by atoms with Crippen molar-refractivity contribution in [1.29, 1.82) is 0 Å². The smallest absolute Gasteiger partial charge is 0.245 e. The van der Waals surface area contributed by atoms with Gasteiger partial charge in [0, 0.05) is 13.0 Å². The van der Waals surface area contributed by atoms with E-state index >= 15 is 0 Å². The summed E-state index contributed by atoms with van der Waals surface area (Å²) >= 11 is 0. The first-order chi connectivity index (χ1) is 8.97. The van der Waals surface area contributed by atoms with E-state index in [9.17, 15) is 9.59 Å². The van der Waals surface area contributed by atoms with Crippen LogP contribution in [0.1, 0.15) is 46.5 Å². The van der Waals surface area contributed by atoms with Gasteiger partial charge in [-0.1, -0.05) is 13.8 Å². The molecular weight excluding hydrogens is 240 g/mol. The molecule has 1 saturated heterocycles. The van der Waals surface area contributed by atoms with Crippen molar-refractivity contribution in [2.24, 2.45) is 5.92 Å². The second kappa shape index (κ2) is 7.18. The largest absolute Gasteiger partial charge is 0.343 e. The quantitative estimate of drug-likeness (QED) is 0.584. The molecule has 4 nitrogen and oxygen atoms in total. The number of unbranched alkanes of at least 4 members (excludes halogenated alkanes) is 2. The Kier molecular flexibility index (Phi) is 5.88. The molecule has 1 rings (SSSR count). The maximum Gasteiger partial charge on any atom is 0.245 e. The number of carbonyl (C=O) groups is 2. The molecule has 0 saturated carbocycles. The van der Waals surface area contributed by atoms with Gasteiger partial charge in [0.2, 0.25) is 11.8 Å². The Balaban J connectivity index is 2.62. The highest BCUT2D eigenvalue weighted by molar-refractivity contribution is 5.96. The highest BCUT2D eigenvalue weighted by Gasteiger charge is 2.37. The van der Waals surface area contributed by atoms with Crippen LogP contribution in [0.3, 0.4) is 0 Å². The summed E-state index contributed by atoms with van der Waals surface area (Å²) in [6.45, 7) is 6.49. The normalized spacial score (nSPS) is 23.4. The summed E-state index contributed by atoms with van der Waals surface area (Å²) in [6.07, 6.45) is 8.36. The molecule has 106 valence electrons. The van der Waals surface area contributed by atoms with Gasteiger partial charge in [0.05, 0.1) is 0 Å². The summed E-state index contributed by atoms with van der Waals surface area (Å²) < 4.78 is 0. The van der Waals surface area contributed by atoms with Crippen LogP contribution < -0.4 is 5.32 Å². The lowest BCUT2D eigenvalue weighted by atomic mass is 9.98. The lowest BCUT2D eigenvalue weighted by Gasteiger charge is -2.38. The van der Waals surface area contributed by atoms with Gasteiger partial charge in [0.15, 0.2) is 0 Å². The van der Waals surface area contributed by atoms with Crippen molar-refractivity contribution >= 4 is 11.8 Å². The Labute approximate surface area is 115 Å². The second-order valence-electron chi connectivity index (χ2n) is 5.56. The Morgan fingerprint density at radius 3 is 2.63 bits per heavy atom. The van der Waals surface area contributed by atoms with Crippen molar-refractivity contribution in [3.05, 3.63) is 0 Å². The van der Waals surface area contributed by atoms with Crippen LogP contribution >= 0.6 is 0 Å². The van der Waals surface area contributed by atoms with Gasteiger partial charge < -0.3 is 10.2 Å². The van der Waals surface area contributed by atoms with Gasteiger partial charge in [-0.25, -0.2) is 0 Å². The minimum absolute atomic E-state index is 0.0431. The van der Waals surface area contributed by atoms with E-state index in [1.54, 1.807) is 11.8 Å². The predicted molar refractivity (Wildman–Crippen MR) is 75.2 cm³/mol. The molecule has 0 aromatic carbocycles. The first-order valence-corrected chi connectivity index (χ1v) is 7.01. The van der Waals surface area contributed by atoms with Crippen LogP contribution in [-0.2, 0) is 9.59 Å². The number of nitrogens with one attached hydrogen (secondary N) is 1. The zero-order valence-corrected chi connectivity index (χ0v) is 12.1. The number of terminal acetylenes is 1. The molecular formula is C15H24N2O2. The van der Waals surface area contributed by atoms with Crippen LogP contribution in [0, 0.1) is 18.3 Å². The molecule has 0 aromatic heterocycles. The minimum Gasteiger partial charge on any atom is -0.343 e. The monoisotopic (exact) mass is 264 g/mol. The Morgan fingerprint density at radius 1 is 1.37 bits per heavy atom. The van der Waals surface area contributed by atoms with Crippen molar-refractivity contribution in [2.75, 3.05) is 6.54 Å². The van der Waals surface area contributed by atoms with Gasteiger partial charge in [-0.2, -0.15) is 0 Å². The Bertz CT molecular complexity index is 371. The average molecular weight is 264 g/mol. The fourth-order valence-corrected chi connectivity index (χ4v) is 2.33. The van der Waals surface area contributed by atoms with Gasteiger partial charge in [-0.15, -0.1) is 12.3 Å². The highest BCUT2D eigenvalue weighted by atomic mass is 16.2. The molecule has 1 aliphatic rings. The van der Waals surface area contributed by atoms with Crippen LogP contribution in [0.5, 0.6) is 0 Å². The van der Waals surface area contributed by atoms with Crippen LogP contribution in [0.4, 0.5) is 0 Å². The third kappa shape index (κ3) is 4.27. The van der Waals surface area contributed by atoms with Gasteiger partial charge in [-0.05, 0) is 32.1 Å². The van der Waals surface area contributed by atoms with E-state index in [4.69, 9.17) is 6.42 Å². The maximum atomic E-state index is 12.4. The molecule has 0 bridgehead atoms. The topological polar surface area (TPSA) is 49.4 Å². The zero-order chi connectivity index (χ0) is 14.4. The second-order valence-corrected chi connectivity index (χ2v) is 5.56. The first-order valence-electron chi connectivity index (χ1n) is 7.01. The van der Waals surface area contributed by atoms with E-state index in [0.717, 1.165) is 19.3 Å². The average Bonchev–Trinajstić information content (AvgIpc) is 2.34. The molecule has 2 unspecified atom stereocenters. The van der Waals surface area contributed by atoms with Gasteiger partial charge in [0.25, 0.3) is 0 Å². The summed E-state index contributed by atoms with van der Waals surface area (Å²) in [5.41, 5.74) is 0. The Morgan fingerprint density at radius 2 is 2.05 bits per heavy atom. The molecule has 0 aromatic rings. The molecule has 2 amide bonds. The van der Waals surface area contributed by atoms with Crippen molar-refractivity contribution in [3.8, 4) is 12.3 Å². The number of hydrogen-bond acceptors (Lipinski definition) is 2. The minimum atomic E-state index is -0.373. The van der Waals surface area contributed by atoms with Crippen molar-refractivity contribution < 1.29 is 9.59 Å². The number of rotatable bonds is 6. The van der Waals surface area contributed by atoms with Crippen molar-refractivity contribution in [3.63, 3.8) is 0 Å². The molecule has 1 aliphatic heterocycles. The van der Waals surface area contributed by atoms with E-state index < -0.39 is 0 Å². The molecule has 2 atom stereocenters. The zero-order valence-electron chi connectivity index (χ0n) is 12.1. The number of hydrogen-bond donors (Lipinski definition) is 1. The number of nitrogens with zero attached hydrogens (tertiary/aromatic N) is 1. The van der Waals surface area contributed by atoms with Crippen LogP contribution in [-0.4, -0.2) is 35.3 Å². The summed E-state index contributed by atoms with van der Waals surface area (Å²) in [5.74, 6) is 2.96. The number of amides is 2. The molecule has 0 radical (unpaired) electrons. The third-order valence-corrected chi connectivity index (χ3v) is 3.42. The molecule has 1 heterocycles. The van der Waals surface area contributed by atoms with E-state index in [1.165, 1.54) is 0 Å². The van der Waals surface area contributed by atoms with Crippen LogP contribution in [0.15, 0.2) is 0 Å². The van der Waals surface area contributed by atoms with E-state index in [1.807, 2.05) is 0 Å². The molecule has 0 aliphatic carbocycles. The summed E-state index contributed by atoms with van der Waals surface area (Å²) in [6, 6.07) is -0.738. The van der Waals surface area contributed by atoms with Gasteiger partial charge >= 0.3 is 0 Å². The molecule has 1 N–H and O–H groups in total. The SMILES string of the molecule is C#CCCCCN1C(=O)C(CC(C)C)NC(=O)C1C. The summed E-state index contributed by atoms with van der Waals surface area (Å²) in [4.78, 5) is 25.9. The van der Waals surface area contributed by atoms with Crippen LogP contribution in [0.2, 0.25) is 0 Å². The van der Waals surface area contributed by atoms with Crippen LogP contribution in [0.25, 0.3) is 0 Å². The molecule has 4 heteroatoms. The molecule has 19 heavy (non-hydrogen) atoms. The Hall–Kier alpha value is -1.50. The van der Waals surface area contributed by atoms with E-state index in [-0.39, 0.29) is 23.9 Å². The standard InChI is InChI=1S/C15H24N2O2/c1-5-6-7-8-9-17-12(4)14(18)16-13(15(17)19)10-11(2)3/h1,11-13H,6-10H2,2-4H3,(H,16,18). The summed E-state index contributed by atoms with van der Waals surface area (Å²) in [5, 5.41) is 2.82. The fourth-order valence-electron chi connectivity index (χ4n) is 2.33. The maximum absolute atomic E-state index is 12.4. The van der Waals surface area contributed by atoms with E-state index in [0.29, 0.717) is 18.9 Å². The van der Waals surface area contributed by atoms with Crippen molar-refractivity contribution in [1.82, 2.24) is 10.2 Å². The summed E-state index contributed by atoms with van der Waals surface area (Å²) in [7, 11) is 0. The van der Waals surface area contributed by atoms with Gasteiger partial charge in [0.1, 0.15) is 12.1 Å². The third-order valence-electron chi connectivity index (χ3n) is 3.42. The lowest BCUT2D eigenvalue weighted by Crippen LogP contribution is -2.62. The fraction of sp³-hybridized carbons (Fsp3) is 0.733. The molecule has 0 spiro atoms. The first kappa shape index (κ1) is 15.6. The highest BCUT2D eigenvalue weighted by Crippen LogP contribution is 2.16.